The van der Waals surface area contributed by atoms with E-state index in [0.29, 0.717) is 5.96 Å². The zero-order valence-electron chi connectivity index (χ0n) is 9.72. The molecule has 0 aliphatic rings. The molecule has 2 rings (SSSR count). The van der Waals surface area contributed by atoms with E-state index in [9.17, 15) is 0 Å². The first-order valence-corrected chi connectivity index (χ1v) is 5.45. The summed E-state index contributed by atoms with van der Waals surface area (Å²) < 4.78 is 0. The van der Waals surface area contributed by atoms with Crippen molar-refractivity contribution in [1.82, 2.24) is 0 Å². The highest BCUT2D eigenvalue weighted by Gasteiger charge is 2.04. The predicted octanol–water partition coefficient (Wildman–Crippen LogP) is 2.71. The van der Waals surface area contributed by atoms with Gasteiger partial charge in [-0.05, 0) is 11.6 Å². The number of benzene rings is 2. The van der Waals surface area contributed by atoms with Crippen LogP contribution in [0.3, 0.4) is 0 Å². The number of hydrogen-bond donors (Lipinski definition) is 2. The van der Waals surface area contributed by atoms with Gasteiger partial charge in [0, 0.05) is 18.3 Å². The van der Waals surface area contributed by atoms with E-state index in [1.54, 1.807) is 7.05 Å². The Hall–Kier alpha value is -2.29. The van der Waals surface area contributed by atoms with Crippen LogP contribution in [0, 0.1) is 0 Å². The molecule has 0 fully saturated rings. The lowest BCUT2D eigenvalue weighted by Crippen LogP contribution is -2.22. The highest BCUT2D eigenvalue weighted by molar-refractivity contribution is 5.96. The van der Waals surface area contributed by atoms with Crippen LogP contribution >= 0.6 is 0 Å². The van der Waals surface area contributed by atoms with Crippen LogP contribution in [0.2, 0.25) is 0 Å². The molecule has 2 aromatic carbocycles. The minimum atomic E-state index is 0.411. The molecule has 3 heteroatoms. The van der Waals surface area contributed by atoms with Crippen LogP contribution in [0.1, 0.15) is 0 Å². The van der Waals surface area contributed by atoms with Crippen LogP contribution in [0.25, 0.3) is 11.1 Å². The van der Waals surface area contributed by atoms with Gasteiger partial charge in [0.2, 0.25) is 0 Å². The summed E-state index contributed by atoms with van der Waals surface area (Å²) in [6.45, 7) is 0. The summed E-state index contributed by atoms with van der Waals surface area (Å²) in [5, 5.41) is 3.09. The van der Waals surface area contributed by atoms with Crippen molar-refractivity contribution in [3.8, 4) is 11.1 Å². The first-order chi connectivity index (χ1) is 8.31. The van der Waals surface area contributed by atoms with Gasteiger partial charge in [-0.1, -0.05) is 48.5 Å². The molecular weight excluding hydrogens is 210 g/mol. The maximum Gasteiger partial charge on any atom is 0.192 e. The Balaban J connectivity index is 2.41. The Morgan fingerprint density at radius 3 is 2.35 bits per heavy atom. The van der Waals surface area contributed by atoms with Gasteiger partial charge in [0.15, 0.2) is 5.96 Å². The van der Waals surface area contributed by atoms with Crippen LogP contribution in [-0.2, 0) is 0 Å². The lowest BCUT2D eigenvalue weighted by atomic mass is 10.0. The van der Waals surface area contributed by atoms with Gasteiger partial charge in [0.05, 0.1) is 0 Å². The van der Waals surface area contributed by atoms with Crippen molar-refractivity contribution in [3.63, 3.8) is 0 Å². The summed E-state index contributed by atoms with van der Waals surface area (Å²) in [5.41, 5.74) is 8.91. The van der Waals surface area contributed by atoms with Crippen molar-refractivity contribution in [3.05, 3.63) is 54.6 Å². The largest absolute Gasteiger partial charge is 0.370 e. The van der Waals surface area contributed by atoms with Crippen molar-refractivity contribution >= 4 is 11.6 Å². The fourth-order valence-electron chi connectivity index (χ4n) is 1.66. The average molecular weight is 225 g/mol. The molecule has 0 radical (unpaired) electrons. The first-order valence-electron chi connectivity index (χ1n) is 5.45. The molecular formula is C14H15N3. The van der Waals surface area contributed by atoms with E-state index >= 15 is 0 Å². The maximum atomic E-state index is 5.69. The number of para-hydroxylation sites is 1. The highest BCUT2D eigenvalue weighted by Crippen LogP contribution is 2.27. The zero-order valence-corrected chi connectivity index (χ0v) is 9.72. The summed E-state index contributed by atoms with van der Waals surface area (Å²) in [7, 11) is 1.66. The third-order valence-corrected chi connectivity index (χ3v) is 2.52. The zero-order chi connectivity index (χ0) is 12.1. The smallest absolute Gasteiger partial charge is 0.192 e. The Labute approximate surface area is 101 Å². The molecule has 0 saturated heterocycles. The van der Waals surface area contributed by atoms with Crippen molar-refractivity contribution in [2.75, 3.05) is 12.4 Å². The molecule has 2 aromatic rings. The molecule has 0 saturated carbocycles. The van der Waals surface area contributed by atoms with E-state index in [2.05, 4.69) is 28.5 Å². The van der Waals surface area contributed by atoms with Gasteiger partial charge in [0.25, 0.3) is 0 Å². The third-order valence-electron chi connectivity index (χ3n) is 2.52. The molecule has 3 N–H and O–H groups in total. The van der Waals surface area contributed by atoms with Crippen LogP contribution in [-0.4, -0.2) is 13.0 Å². The van der Waals surface area contributed by atoms with E-state index in [1.807, 2.05) is 36.4 Å². The van der Waals surface area contributed by atoms with Gasteiger partial charge in [-0.2, -0.15) is 0 Å². The molecule has 0 amide bonds. The predicted molar refractivity (Wildman–Crippen MR) is 73.0 cm³/mol. The van der Waals surface area contributed by atoms with Gasteiger partial charge in [-0.3, -0.25) is 4.99 Å². The van der Waals surface area contributed by atoms with Crippen molar-refractivity contribution in [2.45, 2.75) is 0 Å². The Morgan fingerprint density at radius 1 is 1.00 bits per heavy atom. The molecule has 0 aliphatic heterocycles. The average Bonchev–Trinajstić information content (AvgIpc) is 2.40. The molecule has 0 bridgehead atoms. The minimum Gasteiger partial charge on any atom is -0.370 e. The van der Waals surface area contributed by atoms with Crippen molar-refractivity contribution in [2.24, 2.45) is 10.7 Å². The molecule has 0 heterocycles. The molecule has 0 spiro atoms. The van der Waals surface area contributed by atoms with Crippen LogP contribution < -0.4 is 11.1 Å². The summed E-state index contributed by atoms with van der Waals surface area (Å²) in [5.74, 6) is 0.411. The van der Waals surface area contributed by atoms with Gasteiger partial charge >= 0.3 is 0 Å². The number of nitrogens with zero attached hydrogens (tertiary/aromatic N) is 1. The number of hydrogen-bond acceptors (Lipinski definition) is 1. The fraction of sp³-hybridized carbons (Fsp3) is 0.0714. The van der Waals surface area contributed by atoms with Gasteiger partial charge in [-0.25, -0.2) is 0 Å². The van der Waals surface area contributed by atoms with Crippen LogP contribution in [0.15, 0.2) is 59.6 Å². The summed E-state index contributed by atoms with van der Waals surface area (Å²) in [4.78, 5) is 3.90. The summed E-state index contributed by atoms with van der Waals surface area (Å²) in [6, 6.07) is 18.2. The normalized spacial score (nSPS) is 11.2. The minimum absolute atomic E-state index is 0.411. The standard InChI is InChI=1S/C14H15N3/c1-16-14(15)17-13-10-6-5-9-12(13)11-7-3-2-4-8-11/h2-10H,1H3,(H3,15,16,17). The van der Waals surface area contributed by atoms with Gasteiger partial charge in [0.1, 0.15) is 0 Å². The molecule has 3 nitrogen and oxygen atoms in total. The van der Waals surface area contributed by atoms with E-state index in [-0.39, 0.29) is 0 Å². The first kappa shape index (κ1) is 11.2. The lowest BCUT2D eigenvalue weighted by molar-refractivity contribution is 1.38. The fourth-order valence-corrected chi connectivity index (χ4v) is 1.66. The number of rotatable bonds is 2. The monoisotopic (exact) mass is 225 g/mol. The number of nitrogens with one attached hydrogen (secondary N) is 1. The molecule has 17 heavy (non-hydrogen) atoms. The molecule has 0 atom stereocenters. The lowest BCUT2D eigenvalue weighted by Gasteiger charge is -2.11. The quantitative estimate of drug-likeness (QED) is 0.610. The SMILES string of the molecule is CN=C(N)Nc1ccccc1-c1ccccc1. The van der Waals surface area contributed by atoms with Gasteiger partial charge < -0.3 is 11.1 Å². The number of guanidine groups is 1. The van der Waals surface area contributed by atoms with Crippen LogP contribution in [0.5, 0.6) is 0 Å². The third kappa shape index (κ3) is 2.64. The molecule has 0 aliphatic carbocycles. The Bertz CT molecular complexity index is 518. The Kier molecular flexibility index (Phi) is 3.40. The van der Waals surface area contributed by atoms with E-state index < -0.39 is 0 Å². The summed E-state index contributed by atoms with van der Waals surface area (Å²) in [6.07, 6.45) is 0. The van der Waals surface area contributed by atoms with E-state index in [4.69, 9.17) is 5.73 Å². The number of nitrogens with two attached hydrogens (primary N) is 1. The number of anilines is 1. The second-order valence-corrected chi connectivity index (χ2v) is 3.65. The summed E-state index contributed by atoms with van der Waals surface area (Å²) >= 11 is 0. The van der Waals surface area contributed by atoms with E-state index in [0.717, 1.165) is 16.8 Å². The topological polar surface area (TPSA) is 50.4 Å². The van der Waals surface area contributed by atoms with E-state index in [1.165, 1.54) is 0 Å². The van der Waals surface area contributed by atoms with Gasteiger partial charge in [-0.15, -0.1) is 0 Å². The van der Waals surface area contributed by atoms with Crippen LogP contribution in [0.4, 0.5) is 5.69 Å². The Morgan fingerprint density at radius 2 is 1.65 bits per heavy atom. The highest BCUT2D eigenvalue weighted by atomic mass is 15.1. The van der Waals surface area contributed by atoms with Crippen molar-refractivity contribution < 1.29 is 0 Å². The molecule has 86 valence electrons. The second-order valence-electron chi connectivity index (χ2n) is 3.65. The molecule has 0 unspecified atom stereocenters. The second kappa shape index (κ2) is 5.16. The maximum absolute atomic E-state index is 5.69. The molecule has 0 aromatic heterocycles. The van der Waals surface area contributed by atoms with Crippen molar-refractivity contribution in [1.29, 1.82) is 0 Å². The number of aliphatic imine (C=N–C) groups is 1.